The zero-order valence-electron chi connectivity index (χ0n) is 10.8. The van der Waals surface area contributed by atoms with Crippen LogP contribution in [0.4, 0.5) is 4.79 Å². The smallest absolute Gasteiger partial charge is 0.407 e. The van der Waals surface area contributed by atoms with Crippen molar-refractivity contribution in [2.24, 2.45) is 5.92 Å². The largest absolute Gasteiger partial charge is 0.445 e. The van der Waals surface area contributed by atoms with Crippen molar-refractivity contribution in [3.05, 3.63) is 35.9 Å². The zero-order valence-corrected chi connectivity index (χ0v) is 10.8. The first-order valence-corrected chi connectivity index (χ1v) is 6.10. The molecule has 1 aromatic rings. The minimum Gasteiger partial charge on any atom is -0.445 e. The number of benzene rings is 1. The summed E-state index contributed by atoms with van der Waals surface area (Å²) in [5.41, 5.74) is 1.00. The molecule has 0 bridgehead atoms. The molecule has 0 spiro atoms. The van der Waals surface area contributed by atoms with E-state index in [1.54, 1.807) is 0 Å². The van der Waals surface area contributed by atoms with Crippen molar-refractivity contribution in [3.8, 4) is 0 Å². The van der Waals surface area contributed by atoms with Crippen LogP contribution in [0.5, 0.6) is 0 Å². The highest BCUT2D eigenvalue weighted by atomic mass is 16.5. The second-order valence-corrected chi connectivity index (χ2v) is 4.46. The Morgan fingerprint density at radius 2 is 1.94 bits per heavy atom. The van der Waals surface area contributed by atoms with Gasteiger partial charge in [-0.2, -0.15) is 0 Å². The van der Waals surface area contributed by atoms with E-state index in [0.29, 0.717) is 12.5 Å². The highest BCUT2D eigenvalue weighted by molar-refractivity contribution is 5.67. The summed E-state index contributed by atoms with van der Waals surface area (Å²) in [6.45, 7) is 6.56. The molecule has 0 radical (unpaired) electrons. The van der Waals surface area contributed by atoms with Crippen LogP contribution >= 0.6 is 0 Å². The molecule has 0 unspecified atom stereocenters. The summed E-state index contributed by atoms with van der Waals surface area (Å²) >= 11 is 0. The predicted molar refractivity (Wildman–Crippen MR) is 68.7 cm³/mol. The molecule has 0 aromatic heterocycles. The second kappa shape index (κ2) is 6.94. The fraction of sp³-hybridized carbons (Fsp3) is 0.500. The van der Waals surface area contributed by atoms with Crippen LogP contribution in [0.1, 0.15) is 32.8 Å². The third-order valence-corrected chi connectivity index (χ3v) is 2.76. The first kappa shape index (κ1) is 13.6. The maximum absolute atomic E-state index is 11.6. The molecular formula is C14H21NO2. The fourth-order valence-electron chi connectivity index (χ4n) is 1.66. The van der Waals surface area contributed by atoms with Gasteiger partial charge in [0.15, 0.2) is 0 Å². The molecule has 0 heterocycles. The SMILES string of the molecule is CC[C@@H](NC(=O)OCc1ccccc1)C(C)C. The van der Waals surface area contributed by atoms with Crippen LogP contribution < -0.4 is 5.32 Å². The topological polar surface area (TPSA) is 38.3 Å². The van der Waals surface area contributed by atoms with Crippen LogP contribution in [0, 0.1) is 5.92 Å². The third-order valence-electron chi connectivity index (χ3n) is 2.76. The van der Waals surface area contributed by atoms with Crippen molar-refractivity contribution in [2.45, 2.75) is 39.8 Å². The second-order valence-electron chi connectivity index (χ2n) is 4.46. The van der Waals surface area contributed by atoms with Crippen LogP contribution in [0.25, 0.3) is 0 Å². The molecule has 0 fully saturated rings. The summed E-state index contributed by atoms with van der Waals surface area (Å²) in [4.78, 5) is 11.6. The van der Waals surface area contributed by atoms with Crippen molar-refractivity contribution in [1.29, 1.82) is 0 Å². The maximum Gasteiger partial charge on any atom is 0.407 e. The minimum absolute atomic E-state index is 0.179. The summed E-state index contributed by atoms with van der Waals surface area (Å²) in [5.74, 6) is 0.421. The number of carbonyl (C=O) groups excluding carboxylic acids is 1. The van der Waals surface area contributed by atoms with E-state index in [-0.39, 0.29) is 12.1 Å². The number of alkyl carbamates (subject to hydrolysis) is 1. The summed E-state index contributed by atoms with van der Waals surface area (Å²) in [7, 11) is 0. The first-order valence-electron chi connectivity index (χ1n) is 6.10. The van der Waals surface area contributed by atoms with Crippen LogP contribution in [0.3, 0.4) is 0 Å². The van der Waals surface area contributed by atoms with E-state index >= 15 is 0 Å². The molecule has 1 N–H and O–H groups in total. The highest BCUT2D eigenvalue weighted by Gasteiger charge is 2.14. The van der Waals surface area contributed by atoms with Gasteiger partial charge in [0.1, 0.15) is 6.61 Å². The molecule has 0 saturated heterocycles. The predicted octanol–water partition coefficient (Wildman–Crippen LogP) is 3.35. The maximum atomic E-state index is 11.6. The van der Waals surface area contributed by atoms with Gasteiger partial charge in [0.2, 0.25) is 0 Å². The van der Waals surface area contributed by atoms with Gasteiger partial charge >= 0.3 is 6.09 Å². The van der Waals surface area contributed by atoms with Crippen LogP contribution in [-0.2, 0) is 11.3 Å². The van der Waals surface area contributed by atoms with E-state index in [9.17, 15) is 4.79 Å². The molecule has 0 aliphatic heterocycles. The lowest BCUT2D eigenvalue weighted by atomic mass is 10.0. The number of nitrogens with one attached hydrogen (secondary N) is 1. The van der Waals surface area contributed by atoms with Crippen LogP contribution in [-0.4, -0.2) is 12.1 Å². The van der Waals surface area contributed by atoms with Crippen LogP contribution in [0.15, 0.2) is 30.3 Å². The van der Waals surface area contributed by atoms with E-state index in [4.69, 9.17) is 4.74 Å². The Morgan fingerprint density at radius 3 is 2.47 bits per heavy atom. The number of carbonyl (C=O) groups is 1. The van der Waals surface area contributed by atoms with E-state index in [1.165, 1.54) is 0 Å². The molecule has 0 aliphatic rings. The van der Waals surface area contributed by atoms with Gasteiger partial charge in [0.05, 0.1) is 0 Å². The van der Waals surface area contributed by atoms with Crippen molar-refractivity contribution in [2.75, 3.05) is 0 Å². The minimum atomic E-state index is -0.339. The molecule has 3 nitrogen and oxygen atoms in total. The Hall–Kier alpha value is -1.51. The lowest BCUT2D eigenvalue weighted by Gasteiger charge is -2.20. The van der Waals surface area contributed by atoms with E-state index < -0.39 is 0 Å². The quantitative estimate of drug-likeness (QED) is 0.850. The molecule has 1 rings (SSSR count). The molecule has 0 aliphatic carbocycles. The lowest BCUT2D eigenvalue weighted by Crippen LogP contribution is -2.38. The van der Waals surface area contributed by atoms with Gasteiger partial charge in [0, 0.05) is 6.04 Å². The van der Waals surface area contributed by atoms with Crippen molar-refractivity contribution < 1.29 is 9.53 Å². The van der Waals surface area contributed by atoms with Gasteiger partial charge in [-0.15, -0.1) is 0 Å². The fourth-order valence-corrected chi connectivity index (χ4v) is 1.66. The summed E-state index contributed by atoms with van der Waals surface area (Å²) < 4.78 is 5.16. The Bertz CT molecular complexity index is 335. The van der Waals surface area contributed by atoms with E-state index in [1.807, 2.05) is 30.3 Å². The standard InChI is InChI=1S/C14H21NO2/c1-4-13(11(2)3)15-14(16)17-10-12-8-6-5-7-9-12/h5-9,11,13H,4,10H2,1-3H3,(H,15,16)/t13-/m1/s1. The molecule has 17 heavy (non-hydrogen) atoms. The zero-order chi connectivity index (χ0) is 12.7. The van der Waals surface area contributed by atoms with Crippen LogP contribution in [0.2, 0.25) is 0 Å². The normalized spacial score (nSPS) is 12.2. The number of ether oxygens (including phenoxy) is 1. The molecule has 94 valence electrons. The van der Waals surface area contributed by atoms with Crippen molar-refractivity contribution in [3.63, 3.8) is 0 Å². The molecule has 1 aromatic carbocycles. The third kappa shape index (κ3) is 4.89. The average Bonchev–Trinajstić information content (AvgIpc) is 2.34. The Labute approximate surface area is 103 Å². The van der Waals surface area contributed by atoms with Crippen molar-refractivity contribution >= 4 is 6.09 Å². The monoisotopic (exact) mass is 235 g/mol. The number of amides is 1. The molecule has 1 amide bonds. The van der Waals surface area contributed by atoms with Gasteiger partial charge in [-0.1, -0.05) is 51.1 Å². The average molecular weight is 235 g/mol. The molecule has 3 heteroatoms. The first-order chi connectivity index (χ1) is 8.13. The number of rotatable bonds is 5. The Morgan fingerprint density at radius 1 is 1.29 bits per heavy atom. The summed E-state index contributed by atoms with van der Waals surface area (Å²) in [6.07, 6.45) is 0.576. The van der Waals surface area contributed by atoms with Gasteiger partial charge in [-0.25, -0.2) is 4.79 Å². The molecule has 0 saturated carbocycles. The molecule has 1 atom stereocenters. The van der Waals surface area contributed by atoms with E-state index in [2.05, 4.69) is 26.1 Å². The van der Waals surface area contributed by atoms with E-state index in [0.717, 1.165) is 12.0 Å². The van der Waals surface area contributed by atoms with Crippen molar-refractivity contribution in [1.82, 2.24) is 5.32 Å². The summed E-state index contributed by atoms with van der Waals surface area (Å²) in [6, 6.07) is 9.85. The van der Waals surface area contributed by atoms with Gasteiger partial charge < -0.3 is 10.1 Å². The highest BCUT2D eigenvalue weighted by Crippen LogP contribution is 2.06. The van der Waals surface area contributed by atoms with Gasteiger partial charge in [0.25, 0.3) is 0 Å². The lowest BCUT2D eigenvalue weighted by molar-refractivity contribution is 0.132. The number of hydrogen-bond donors (Lipinski definition) is 1. The molecular weight excluding hydrogens is 214 g/mol. The summed E-state index contributed by atoms with van der Waals surface area (Å²) in [5, 5.41) is 2.88. The van der Waals surface area contributed by atoms with Gasteiger partial charge in [-0.05, 0) is 17.9 Å². The number of hydrogen-bond acceptors (Lipinski definition) is 2. The van der Waals surface area contributed by atoms with Gasteiger partial charge in [-0.3, -0.25) is 0 Å². The Kier molecular flexibility index (Phi) is 5.53. The Balaban J connectivity index is 2.35.